The zero-order valence-electron chi connectivity index (χ0n) is 9.10. The molecule has 0 aromatic heterocycles. The summed E-state index contributed by atoms with van der Waals surface area (Å²) in [7, 11) is 0. The van der Waals surface area contributed by atoms with Gasteiger partial charge in [-0.15, -0.1) is 0 Å². The molecule has 2 nitrogen and oxygen atoms in total. The minimum atomic E-state index is 0.529. The standard InChI is InChI=1S/C12H16Cl2N2/c13-11-4-1-5-12(14)10(11)8-16-9-3-2-6-15-7-9/h1,4-5,9,15-16H,2-3,6-8H2/t9-/m1/s1. The fourth-order valence-corrected chi connectivity index (χ4v) is 2.50. The first-order valence-electron chi connectivity index (χ1n) is 5.64. The van der Waals surface area contributed by atoms with E-state index >= 15 is 0 Å². The Hall–Kier alpha value is -0.280. The van der Waals surface area contributed by atoms with Gasteiger partial charge < -0.3 is 10.6 Å². The van der Waals surface area contributed by atoms with Gasteiger partial charge in [0.25, 0.3) is 0 Å². The van der Waals surface area contributed by atoms with Crippen LogP contribution in [0.3, 0.4) is 0 Å². The highest BCUT2D eigenvalue weighted by atomic mass is 35.5. The molecule has 1 saturated heterocycles. The minimum absolute atomic E-state index is 0.529. The Labute approximate surface area is 106 Å². The molecule has 2 rings (SSSR count). The first-order chi connectivity index (χ1) is 7.77. The summed E-state index contributed by atoms with van der Waals surface area (Å²) in [6.07, 6.45) is 2.45. The van der Waals surface area contributed by atoms with E-state index in [1.54, 1.807) is 0 Å². The van der Waals surface area contributed by atoms with E-state index in [2.05, 4.69) is 10.6 Å². The highest BCUT2D eigenvalue weighted by Gasteiger charge is 2.13. The van der Waals surface area contributed by atoms with Crippen molar-refractivity contribution in [3.05, 3.63) is 33.8 Å². The van der Waals surface area contributed by atoms with Crippen molar-refractivity contribution in [1.82, 2.24) is 10.6 Å². The van der Waals surface area contributed by atoms with Gasteiger partial charge in [0.1, 0.15) is 0 Å². The van der Waals surface area contributed by atoms with Gasteiger partial charge >= 0.3 is 0 Å². The lowest BCUT2D eigenvalue weighted by molar-refractivity contribution is 0.389. The summed E-state index contributed by atoms with van der Waals surface area (Å²) in [5.74, 6) is 0. The average molecular weight is 259 g/mol. The molecule has 0 aliphatic carbocycles. The van der Waals surface area contributed by atoms with Gasteiger partial charge in [-0.05, 0) is 31.5 Å². The maximum absolute atomic E-state index is 6.11. The van der Waals surface area contributed by atoms with Crippen molar-refractivity contribution >= 4 is 23.2 Å². The highest BCUT2D eigenvalue weighted by molar-refractivity contribution is 6.35. The summed E-state index contributed by atoms with van der Waals surface area (Å²) in [5, 5.41) is 8.34. The quantitative estimate of drug-likeness (QED) is 0.872. The lowest BCUT2D eigenvalue weighted by Crippen LogP contribution is -2.42. The van der Waals surface area contributed by atoms with Gasteiger partial charge in [0.2, 0.25) is 0 Å². The van der Waals surface area contributed by atoms with Crippen LogP contribution >= 0.6 is 23.2 Å². The molecule has 0 unspecified atom stereocenters. The van der Waals surface area contributed by atoms with E-state index in [9.17, 15) is 0 Å². The van der Waals surface area contributed by atoms with Crippen LogP contribution in [0.25, 0.3) is 0 Å². The van der Waals surface area contributed by atoms with Crippen molar-refractivity contribution in [2.45, 2.75) is 25.4 Å². The Morgan fingerprint density at radius 2 is 2.06 bits per heavy atom. The molecular formula is C12H16Cl2N2. The molecule has 0 radical (unpaired) electrons. The fraction of sp³-hybridized carbons (Fsp3) is 0.500. The second-order valence-corrected chi connectivity index (χ2v) is 4.94. The average Bonchev–Trinajstić information content (AvgIpc) is 2.30. The second kappa shape index (κ2) is 5.87. The Morgan fingerprint density at radius 1 is 1.31 bits per heavy atom. The summed E-state index contributed by atoms with van der Waals surface area (Å²) in [5.41, 5.74) is 0.997. The van der Waals surface area contributed by atoms with Crippen LogP contribution in [-0.2, 0) is 6.54 Å². The molecule has 0 spiro atoms. The lowest BCUT2D eigenvalue weighted by Gasteiger charge is -2.24. The van der Waals surface area contributed by atoms with Crippen molar-refractivity contribution in [2.75, 3.05) is 13.1 Å². The number of piperidine rings is 1. The fourth-order valence-electron chi connectivity index (χ4n) is 1.97. The van der Waals surface area contributed by atoms with Crippen LogP contribution in [0.1, 0.15) is 18.4 Å². The normalized spacial score (nSPS) is 21.0. The summed E-state index contributed by atoms with van der Waals surface area (Å²) in [6.45, 7) is 2.90. The van der Waals surface area contributed by atoms with Crippen molar-refractivity contribution in [2.24, 2.45) is 0 Å². The summed E-state index contributed by atoms with van der Waals surface area (Å²) < 4.78 is 0. The van der Waals surface area contributed by atoms with Crippen LogP contribution in [0.2, 0.25) is 10.0 Å². The van der Waals surface area contributed by atoms with Crippen LogP contribution < -0.4 is 10.6 Å². The maximum atomic E-state index is 6.11. The first-order valence-corrected chi connectivity index (χ1v) is 6.40. The first kappa shape index (κ1) is 12.2. The monoisotopic (exact) mass is 258 g/mol. The van der Waals surface area contributed by atoms with E-state index < -0.39 is 0 Å². The zero-order chi connectivity index (χ0) is 11.4. The molecular weight excluding hydrogens is 243 g/mol. The van der Waals surface area contributed by atoms with Gasteiger partial charge in [-0.3, -0.25) is 0 Å². The molecule has 2 N–H and O–H groups in total. The molecule has 1 atom stereocenters. The van der Waals surface area contributed by atoms with Crippen LogP contribution in [0.15, 0.2) is 18.2 Å². The van der Waals surface area contributed by atoms with E-state index in [1.165, 1.54) is 12.8 Å². The summed E-state index contributed by atoms with van der Waals surface area (Å²) in [6, 6.07) is 6.16. The third-order valence-corrected chi connectivity index (χ3v) is 3.63. The Kier molecular flexibility index (Phi) is 4.47. The van der Waals surface area contributed by atoms with E-state index in [1.807, 2.05) is 18.2 Å². The van der Waals surface area contributed by atoms with Gasteiger partial charge in [0.05, 0.1) is 0 Å². The Morgan fingerprint density at radius 3 is 2.69 bits per heavy atom. The molecule has 0 bridgehead atoms. The molecule has 1 aromatic carbocycles. The van der Waals surface area contributed by atoms with Crippen LogP contribution in [0, 0.1) is 0 Å². The van der Waals surface area contributed by atoms with Crippen LogP contribution in [-0.4, -0.2) is 19.1 Å². The van der Waals surface area contributed by atoms with Gasteiger partial charge in [-0.2, -0.15) is 0 Å². The summed E-state index contributed by atoms with van der Waals surface area (Å²) in [4.78, 5) is 0. The van der Waals surface area contributed by atoms with E-state index in [0.29, 0.717) is 6.04 Å². The minimum Gasteiger partial charge on any atom is -0.315 e. The van der Waals surface area contributed by atoms with Crippen molar-refractivity contribution in [1.29, 1.82) is 0 Å². The van der Waals surface area contributed by atoms with E-state index in [-0.39, 0.29) is 0 Å². The van der Waals surface area contributed by atoms with Gasteiger partial charge in [-0.1, -0.05) is 29.3 Å². The number of hydrogen-bond donors (Lipinski definition) is 2. The van der Waals surface area contributed by atoms with Gasteiger partial charge in [0, 0.05) is 34.7 Å². The smallest absolute Gasteiger partial charge is 0.0465 e. The molecule has 1 heterocycles. The topological polar surface area (TPSA) is 24.1 Å². The maximum Gasteiger partial charge on any atom is 0.0465 e. The van der Waals surface area contributed by atoms with Crippen LogP contribution in [0.5, 0.6) is 0 Å². The molecule has 16 heavy (non-hydrogen) atoms. The molecule has 1 aromatic rings. The van der Waals surface area contributed by atoms with Gasteiger partial charge in [-0.25, -0.2) is 0 Å². The molecule has 0 saturated carbocycles. The molecule has 88 valence electrons. The Bertz CT molecular complexity index is 329. The largest absolute Gasteiger partial charge is 0.315 e. The molecule has 4 heteroatoms. The molecule has 1 aliphatic rings. The zero-order valence-corrected chi connectivity index (χ0v) is 10.6. The van der Waals surface area contributed by atoms with Crippen molar-refractivity contribution in [3.63, 3.8) is 0 Å². The molecule has 1 fully saturated rings. The predicted molar refractivity (Wildman–Crippen MR) is 69.2 cm³/mol. The number of benzene rings is 1. The number of halogens is 2. The number of hydrogen-bond acceptors (Lipinski definition) is 2. The predicted octanol–water partition coefficient (Wildman–Crippen LogP) is 2.84. The third kappa shape index (κ3) is 3.11. The van der Waals surface area contributed by atoms with Crippen LogP contribution in [0.4, 0.5) is 0 Å². The molecule has 1 aliphatic heterocycles. The molecule has 0 amide bonds. The number of nitrogens with one attached hydrogen (secondary N) is 2. The third-order valence-electron chi connectivity index (χ3n) is 2.93. The lowest BCUT2D eigenvalue weighted by atomic mass is 10.1. The van der Waals surface area contributed by atoms with E-state index in [0.717, 1.165) is 35.2 Å². The number of rotatable bonds is 3. The second-order valence-electron chi connectivity index (χ2n) is 4.12. The Balaban J connectivity index is 1.93. The van der Waals surface area contributed by atoms with E-state index in [4.69, 9.17) is 23.2 Å². The van der Waals surface area contributed by atoms with Gasteiger partial charge in [0.15, 0.2) is 0 Å². The SMILES string of the molecule is Clc1cccc(Cl)c1CN[C@@H]1CCCNC1. The highest BCUT2D eigenvalue weighted by Crippen LogP contribution is 2.24. The van der Waals surface area contributed by atoms with Crippen molar-refractivity contribution in [3.8, 4) is 0 Å². The summed E-state index contributed by atoms with van der Waals surface area (Å²) >= 11 is 12.2. The van der Waals surface area contributed by atoms with Crippen molar-refractivity contribution < 1.29 is 0 Å².